The lowest BCUT2D eigenvalue weighted by Gasteiger charge is -2.41. The van der Waals surface area contributed by atoms with Crippen LogP contribution in [0.3, 0.4) is 0 Å². The summed E-state index contributed by atoms with van der Waals surface area (Å²) in [4.78, 5) is 7.04. The number of hydrogen-bond donors (Lipinski definition) is 0. The van der Waals surface area contributed by atoms with Crippen LogP contribution in [-0.2, 0) is 27.8 Å². The van der Waals surface area contributed by atoms with E-state index < -0.39 is 10.0 Å². The number of nitrogens with zero attached hydrogens (tertiary/aromatic N) is 4. The van der Waals surface area contributed by atoms with Crippen molar-refractivity contribution in [3.63, 3.8) is 0 Å². The summed E-state index contributed by atoms with van der Waals surface area (Å²) < 4.78 is 34.1. The van der Waals surface area contributed by atoms with Crippen LogP contribution in [0.2, 0.25) is 0 Å². The van der Waals surface area contributed by atoms with Gasteiger partial charge in [0.1, 0.15) is 16.1 Å². The molecule has 1 unspecified atom stereocenters. The molecule has 0 aromatic carbocycles. The fraction of sp³-hybridized carbons (Fsp3) is 0.565. The van der Waals surface area contributed by atoms with E-state index in [1.165, 1.54) is 11.3 Å². The minimum Gasteiger partial charge on any atom is -0.370 e. The van der Waals surface area contributed by atoms with Gasteiger partial charge in [0, 0.05) is 37.7 Å². The molecular formula is C23H30N4O3S2. The lowest BCUT2D eigenvalue weighted by Crippen LogP contribution is -2.54. The van der Waals surface area contributed by atoms with E-state index in [0.29, 0.717) is 48.3 Å². The number of pyridine rings is 1. The van der Waals surface area contributed by atoms with Gasteiger partial charge >= 0.3 is 0 Å². The molecule has 1 saturated heterocycles. The normalized spacial score (nSPS) is 21.4. The van der Waals surface area contributed by atoms with Gasteiger partial charge in [0.25, 0.3) is 10.0 Å². The maximum Gasteiger partial charge on any atom is 0.252 e. The Morgan fingerprint density at radius 3 is 2.66 bits per heavy atom. The zero-order chi connectivity index (χ0) is 23.3. The van der Waals surface area contributed by atoms with Gasteiger partial charge in [-0.2, -0.15) is 9.57 Å². The first-order valence-electron chi connectivity index (χ1n) is 10.9. The molecule has 2 aliphatic heterocycles. The fourth-order valence-corrected chi connectivity index (χ4v) is 7.35. The Bertz CT molecular complexity index is 1150. The summed E-state index contributed by atoms with van der Waals surface area (Å²) in [6.07, 6.45) is 0.655. The van der Waals surface area contributed by atoms with Crippen molar-refractivity contribution in [1.29, 1.82) is 5.26 Å². The van der Waals surface area contributed by atoms with E-state index >= 15 is 0 Å². The molecule has 32 heavy (non-hydrogen) atoms. The van der Waals surface area contributed by atoms with Crippen LogP contribution in [-0.4, -0.2) is 49.0 Å². The maximum atomic E-state index is 13.1. The van der Waals surface area contributed by atoms with Crippen LogP contribution in [0, 0.1) is 11.3 Å². The van der Waals surface area contributed by atoms with Crippen molar-refractivity contribution in [3.05, 3.63) is 39.9 Å². The van der Waals surface area contributed by atoms with Gasteiger partial charge in [-0.25, -0.2) is 13.4 Å². The summed E-state index contributed by atoms with van der Waals surface area (Å²) in [7, 11) is -3.52. The molecule has 0 N–H and O–H groups in total. The molecule has 0 bridgehead atoms. The second-order valence-corrected chi connectivity index (χ2v) is 12.6. The second kappa shape index (κ2) is 8.41. The Hall–Kier alpha value is -1.99. The predicted molar refractivity (Wildman–Crippen MR) is 125 cm³/mol. The molecule has 0 radical (unpaired) electrons. The molecule has 0 amide bonds. The summed E-state index contributed by atoms with van der Waals surface area (Å²) in [6.45, 7) is 12.0. The lowest BCUT2D eigenvalue weighted by atomic mass is 9.86. The Labute approximate surface area is 194 Å². The number of piperazine rings is 1. The maximum absolute atomic E-state index is 13.1. The minimum atomic E-state index is -3.52. The largest absolute Gasteiger partial charge is 0.370 e. The minimum absolute atomic E-state index is 0.193. The Balaban J connectivity index is 1.71. The van der Waals surface area contributed by atoms with Gasteiger partial charge in [0.15, 0.2) is 0 Å². The number of anilines is 1. The second-order valence-electron chi connectivity index (χ2n) is 9.49. The van der Waals surface area contributed by atoms with Crippen molar-refractivity contribution in [2.24, 2.45) is 0 Å². The van der Waals surface area contributed by atoms with E-state index in [9.17, 15) is 13.7 Å². The highest BCUT2D eigenvalue weighted by atomic mass is 32.2. The molecule has 2 aliphatic rings. The highest BCUT2D eigenvalue weighted by molar-refractivity contribution is 7.91. The number of aromatic nitrogens is 1. The molecular weight excluding hydrogens is 444 g/mol. The van der Waals surface area contributed by atoms with E-state index in [-0.39, 0.29) is 17.6 Å². The molecule has 0 spiro atoms. The summed E-state index contributed by atoms with van der Waals surface area (Å²) in [6, 6.07) is 5.59. The molecule has 4 rings (SSSR count). The van der Waals surface area contributed by atoms with Crippen LogP contribution in [0.4, 0.5) is 5.82 Å². The molecule has 1 atom stereocenters. The van der Waals surface area contributed by atoms with Crippen molar-refractivity contribution < 1.29 is 13.2 Å². The molecule has 2 aromatic heterocycles. The average molecular weight is 475 g/mol. The van der Waals surface area contributed by atoms with Crippen molar-refractivity contribution >= 4 is 27.2 Å². The van der Waals surface area contributed by atoms with Gasteiger partial charge in [0.2, 0.25) is 0 Å². The summed E-state index contributed by atoms with van der Waals surface area (Å²) in [5, 5.41) is 11.9. The third-order valence-corrected chi connectivity index (χ3v) is 9.60. The van der Waals surface area contributed by atoms with E-state index in [1.54, 1.807) is 21.8 Å². The monoisotopic (exact) mass is 474 g/mol. The van der Waals surface area contributed by atoms with E-state index in [1.807, 2.05) is 20.8 Å². The Morgan fingerprint density at radius 2 is 2.06 bits per heavy atom. The number of nitriles is 1. The van der Waals surface area contributed by atoms with Gasteiger partial charge in [-0.15, -0.1) is 11.3 Å². The Morgan fingerprint density at radius 1 is 1.31 bits per heavy atom. The van der Waals surface area contributed by atoms with E-state index in [0.717, 1.165) is 16.8 Å². The third kappa shape index (κ3) is 4.05. The van der Waals surface area contributed by atoms with Crippen molar-refractivity contribution in [1.82, 2.24) is 9.29 Å². The molecule has 4 heterocycles. The van der Waals surface area contributed by atoms with Gasteiger partial charge in [-0.1, -0.05) is 19.9 Å². The summed E-state index contributed by atoms with van der Waals surface area (Å²) in [5.41, 5.74) is 3.28. The third-order valence-electron chi connectivity index (χ3n) is 6.22. The van der Waals surface area contributed by atoms with Gasteiger partial charge < -0.3 is 9.64 Å². The molecule has 1 fully saturated rings. The van der Waals surface area contributed by atoms with Crippen LogP contribution in [0.1, 0.15) is 62.9 Å². The summed E-state index contributed by atoms with van der Waals surface area (Å²) >= 11 is 1.24. The number of ether oxygens (including phenoxy) is 1. The standard InChI is InChI=1S/C23H30N4O3S2/c1-15(2)21-19-14-30-23(4,5)11-17(19)18(12-24)22(25-21)26-8-9-27(16(3)13-26)32(28,29)20-7-6-10-31-20/h6-7,10,15-16H,8-9,11,13-14H2,1-5H3. The van der Waals surface area contributed by atoms with Crippen LogP contribution in [0.5, 0.6) is 0 Å². The van der Waals surface area contributed by atoms with Gasteiger partial charge in [0.05, 0.1) is 23.5 Å². The first-order chi connectivity index (χ1) is 15.0. The van der Waals surface area contributed by atoms with Crippen LogP contribution in [0.15, 0.2) is 21.7 Å². The number of fused-ring (bicyclic) bond motifs is 1. The molecule has 0 saturated carbocycles. The van der Waals surface area contributed by atoms with Gasteiger partial charge in [-0.05, 0) is 43.7 Å². The first kappa shape index (κ1) is 23.2. The van der Waals surface area contributed by atoms with Gasteiger partial charge in [-0.3, -0.25) is 0 Å². The zero-order valence-electron chi connectivity index (χ0n) is 19.3. The van der Waals surface area contributed by atoms with Crippen LogP contribution in [0.25, 0.3) is 0 Å². The number of rotatable bonds is 4. The molecule has 7 nitrogen and oxygen atoms in total. The number of sulfonamides is 1. The van der Waals surface area contributed by atoms with Crippen LogP contribution >= 0.6 is 11.3 Å². The smallest absolute Gasteiger partial charge is 0.252 e. The Kier molecular flexibility index (Phi) is 6.09. The topological polar surface area (TPSA) is 86.5 Å². The number of hydrogen-bond acceptors (Lipinski definition) is 7. The van der Waals surface area contributed by atoms with Crippen molar-refractivity contribution in [2.45, 2.75) is 69.4 Å². The SMILES string of the molecule is CC(C)c1nc(N2CCN(S(=O)(=O)c3cccs3)C(C)C2)c(C#N)c2c1COC(C)(C)C2. The summed E-state index contributed by atoms with van der Waals surface area (Å²) in [5.74, 6) is 0.866. The molecule has 2 aromatic rings. The molecule has 172 valence electrons. The van der Waals surface area contributed by atoms with E-state index in [4.69, 9.17) is 9.72 Å². The molecule has 9 heteroatoms. The quantitative estimate of drug-likeness (QED) is 0.668. The predicted octanol–water partition coefficient (Wildman–Crippen LogP) is 3.89. The number of thiophene rings is 1. The highest BCUT2D eigenvalue weighted by Crippen LogP contribution is 2.38. The molecule has 0 aliphatic carbocycles. The van der Waals surface area contributed by atoms with Crippen molar-refractivity contribution in [2.75, 3.05) is 24.5 Å². The van der Waals surface area contributed by atoms with E-state index in [2.05, 4.69) is 24.8 Å². The fourth-order valence-electron chi connectivity index (χ4n) is 4.62. The zero-order valence-corrected chi connectivity index (χ0v) is 20.9. The first-order valence-corrected chi connectivity index (χ1v) is 13.3. The highest BCUT2D eigenvalue weighted by Gasteiger charge is 2.37. The lowest BCUT2D eigenvalue weighted by molar-refractivity contribution is -0.0408. The van der Waals surface area contributed by atoms with Crippen LogP contribution < -0.4 is 4.90 Å². The average Bonchev–Trinajstić information content (AvgIpc) is 3.27. The van der Waals surface area contributed by atoms with Crippen molar-refractivity contribution in [3.8, 4) is 6.07 Å².